The Balaban J connectivity index is 1.99. The van der Waals surface area contributed by atoms with Crippen molar-refractivity contribution >= 4 is 28.2 Å². The Kier molecular flexibility index (Phi) is 3.12. The molecule has 0 saturated carbocycles. The summed E-state index contributed by atoms with van der Waals surface area (Å²) in [6.07, 6.45) is 3.64. The van der Waals surface area contributed by atoms with Crippen LogP contribution in [0, 0.1) is 0 Å². The number of carbonyl (C=O) groups is 1. The second-order valence-corrected chi connectivity index (χ2v) is 5.71. The minimum Gasteiger partial charge on any atom is -0.294 e. The smallest absolute Gasteiger partial charge is 0.163 e. The van der Waals surface area contributed by atoms with E-state index in [0.29, 0.717) is 6.42 Å². The molecule has 0 amide bonds. The molecular weight excluding hydrogens is 268 g/mol. The van der Waals surface area contributed by atoms with E-state index in [9.17, 15) is 4.79 Å². The zero-order valence-electron chi connectivity index (χ0n) is 12.3. The summed E-state index contributed by atoms with van der Waals surface area (Å²) in [5.74, 6) is 0.256. The number of benzene rings is 3. The van der Waals surface area contributed by atoms with Crippen LogP contribution in [0.5, 0.6) is 0 Å². The highest BCUT2D eigenvalue weighted by molar-refractivity contribution is 6.12. The summed E-state index contributed by atoms with van der Waals surface area (Å²) in [5.41, 5.74) is 4.44. The normalized spacial score (nSPS) is 16.0. The molecule has 0 radical (unpaired) electrons. The van der Waals surface area contributed by atoms with Gasteiger partial charge in [-0.15, -0.1) is 0 Å². The molecule has 0 heterocycles. The van der Waals surface area contributed by atoms with E-state index < -0.39 is 0 Å². The van der Waals surface area contributed by atoms with E-state index in [1.165, 1.54) is 21.9 Å². The second-order valence-electron chi connectivity index (χ2n) is 5.71. The first kappa shape index (κ1) is 13.0. The molecule has 106 valence electrons. The van der Waals surface area contributed by atoms with Crippen molar-refractivity contribution in [3.8, 4) is 0 Å². The van der Waals surface area contributed by atoms with Crippen molar-refractivity contribution in [1.29, 1.82) is 0 Å². The standard InChI is InChI=1S/C21H16O/c22-20-13-11-17(14-15-6-2-1-3-7-15)21-18-9-5-4-8-16(18)10-12-19(20)21/h1-10,12,14H,11,13H2/b17-14+. The molecule has 1 aliphatic rings. The summed E-state index contributed by atoms with van der Waals surface area (Å²) in [7, 11) is 0. The highest BCUT2D eigenvalue weighted by atomic mass is 16.1. The van der Waals surface area contributed by atoms with Crippen LogP contribution in [0.2, 0.25) is 0 Å². The predicted octanol–water partition coefficient (Wildman–Crippen LogP) is 5.36. The van der Waals surface area contributed by atoms with Crippen LogP contribution in [-0.4, -0.2) is 5.78 Å². The van der Waals surface area contributed by atoms with E-state index in [2.05, 4.69) is 36.4 Å². The molecule has 0 fully saturated rings. The van der Waals surface area contributed by atoms with Gasteiger partial charge in [-0.1, -0.05) is 72.8 Å². The van der Waals surface area contributed by atoms with Crippen molar-refractivity contribution < 1.29 is 4.79 Å². The van der Waals surface area contributed by atoms with E-state index in [-0.39, 0.29) is 5.78 Å². The minimum atomic E-state index is 0.256. The van der Waals surface area contributed by atoms with Gasteiger partial charge in [0, 0.05) is 12.0 Å². The SMILES string of the molecule is O=C1CC/C(=C\c2ccccc2)c2c1ccc1ccccc21. The summed E-state index contributed by atoms with van der Waals surface area (Å²) in [6.45, 7) is 0. The van der Waals surface area contributed by atoms with Crippen LogP contribution in [0.4, 0.5) is 0 Å². The summed E-state index contributed by atoms with van der Waals surface area (Å²) in [4.78, 5) is 12.3. The second kappa shape index (κ2) is 5.27. The maximum Gasteiger partial charge on any atom is 0.163 e. The fraction of sp³-hybridized carbons (Fsp3) is 0.0952. The topological polar surface area (TPSA) is 17.1 Å². The molecular formula is C21H16O. The van der Waals surface area contributed by atoms with E-state index in [1.807, 2.05) is 36.4 Å². The van der Waals surface area contributed by atoms with Gasteiger partial charge < -0.3 is 0 Å². The van der Waals surface area contributed by atoms with E-state index in [1.54, 1.807) is 0 Å². The van der Waals surface area contributed by atoms with Gasteiger partial charge in [-0.05, 0) is 33.9 Å². The fourth-order valence-electron chi connectivity index (χ4n) is 3.25. The quantitative estimate of drug-likeness (QED) is 0.588. The molecule has 1 heteroatoms. The lowest BCUT2D eigenvalue weighted by Gasteiger charge is -2.20. The Hall–Kier alpha value is -2.67. The monoisotopic (exact) mass is 284 g/mol. The van der Waals surface area contributed by atoms with E-state index >= 15 is 0 Å². The van der Waals surface area contributed by atoms with Crippen LogP contribution < -0.4 is 0 Å². The minimum absolute atomic E-state index is 0.256. The number of carbonyl (C=O) groups excluding carboxylic acids is 1. The fourth-order valence-corrected chi connectivity index (χ4v) is 3.25. The Morgan fingerprint density at radius 1 is 0.773 bits per heavy atom. The molecule has 1 nitrogen and oxygen atoms in total. The van der Waals surface area contributed by atoms with Crippen molar-refractivity contribution in [2.24, 2.45) is 0 Å². The molecule has 0 aromatic heterocycles. The maximum absolute atomic E-state index is 12.3. The molecule has 0 bridgehead atoms. The molecule has 0 aliphatic heterocycles. The van der Waals surface area contributed by atoms with Crippen LogP contribution >= 0.6 is 0 Å². The average Bonchev–Trinajstić information content (AvgIpc) is 2.58. The number of allylic oxidation sites excluding steroid dienone is 1. The maximum atomic E-state index is 12.3. The third kappa shape index (κ3) is 2.15. The van der Waals surface area contributed by atoms with Crippen LogP contribution in [0.1, 0.15) is 34.3 Å². The molecule has 0 saturated heterocycles. The average molecular weight is 284 g/mol. The number of hydrogen-bond donors (Lipinski definition) is 0. The molecule has 3 aromatic carbocycles. The van der Waals surface area contributed by atoms with Crippen LogP contribution in [0.15, 0.2) is 66.7 Å². The summed E-state index contributed by atoms with van der Waals surface area (Å²) in [5, 5.41) is 2.37. The zero-order chi connectivity index (χ0) is 14.9. The van der Waals surface area contributed by atoms with Gasteiger partial charge in [0.15, 0.2) is 5.78 Å². The molecule has 0 unspecified atom stereocenters. The van der Waals surface area contributed by atoms with E-state index in [0.717, 1.165) is 17.5 Å². The molecule has 22 heavy (non-hydrogen) atoms. The Bertz CT molecular complexity index is 888. The molecule has 0 atom stereocenters. The number of rotatable bonds is 1. The van der Waals surface area contributed by atoms with Gasteiger partial charge in [-0.25, -0.2) is 0 Å². The number of Topliss-reactive ketones (excluding diaryl/α,β-unsaturated/α-hetero) is 1. The predicted molar refractivity (Wildman–Crippen MR) is 91.8 cm³/mol. The molecule has 3 aromatic rings. The molecule has 0 spiro atoms. The van der Waals surface area contributed by atoms with Crippen molar-refractivity contribution in [3.63, 3.8) is 0 Å². The lowest BCUT2D eigenvalue weighted by molar-refractivity contribution is 0.0981. The van der Waals surface area contributed by atoms with Gasteiger partial charge in [-0.2, -0.15) is 0 Å². The van der Waals surface area contributed by atoms with Crippen molar-refractivity contribution in [3.05, 3.63) is 83.4 Å². The van der Waals surface area contributed by atoms with E-state index in [4.69, 9.17) is 0 Å². The molecule has 1 aliphatic carbocycles. The van der Waals surface area contributed by atoms with Crippen LogP contribution in [-0.2, 0) is 0 Å². The first-order valence-electron chi connectivity index (χ1n) is 7.64. The Labute approximate surface area is 129 Å². The first-order valence-corrected chi connectivity index (χ1v) is 7.64. The first-order chi connectivity index (χ1) is 10.8. The van der Waals surface area contributed by atoms with Crippen LogP contribution in [0.3, 0.4) is 0 Å². The van der Waals surface area contributed by atoms with Gasteiger partial charge >= 0.3 is 0 Å². The molecule has 4 rings (SSSR count). The van der Waals surface area contributed by atoms with Gasteiger partial charge in [-0.3, -0.25) is 4.79 Å². The van der Waals surface area contributed by atoms with Crippen LogP contribution in [0.25, 0.3) is 22.4 Å². The van der Waals surface area contributed by atoms with Gasteiger partial charge in [0.05, 0.1) is 0 Å². The third-order valence-electron chi connectivity index (χ3n) is 4.31. The number of hydrogen-bond acceptors (Lipinski definition) is 1. The highest BCUT2D eigenvalue weighted by Gasteiger charge is 2.22. The van der Waals surface area contributed by atoms with Gasteiger partial charge in [0.2, 0.25) is 0 Å². The Morgan fingerprint density at radius 2 is 1.55 bits per heavy atom. The van der Waals surface area contributed by atoms with Gasteiger partial charge in [0.1, 0.15) is 0 Å². The zero-order valence-corrected chi connectivity index (χ0v) is 12.3. The Morgan fingerprint density at radius 3 is 2.41 bits per heavy atom. The molecule has 0 N–H and O–H groups in total. The largest absolute Gasteiger partial charge is 0.294 e. The van der Waals surface area contributed by atoms with Crippen molar-refractivity contribution in [1.82, 2.24) is 0 Å². The lowest BCUT2D eigenvalue weighted by atomic mass is 9.82. The summed E-state index contributed by atoms with van der Waals surface area (Å²) >= 11 is 0. The van der Waals surface area contributed by atoms with Crippen molar-refractivity contribution in [2.75, 3.05) is 0 Å². The third-order valence-corrected chi connectivity index (χ3v) is 4.31. The number of fused-ring (bicyclic) bond motifs is 3. The van der Waals surface area contributed by atoms with Gasteiger partial charge in [0.25, 0.3) is 0 Å². The lowest BCUT2D eigenvalue weighted by Crippen LogP contribution is -2.10. The number of ketones is 1. The summed E-state index contributed by atoms with van der Waals surface area (Å²) in [6, 6.07) is 22.7. The van der Waals surface area contributed by atoms with Crippen molar-refractivity contribution in [2.45, 2.75) is 12.8 Å². The summed E-state index contributed by atoms with van der Waals surface area (Å²) < 4.78 is 0. The highest BCUT2D eigenvalue weighted by Crippen LogP contribution is 2.37.